The maximum atomic E-state index is 11.6. The number of hydrogen-bond acceptors (Lipinski definition) is 5. The van der Waals surface area contributed by atoms with E-state index in [0.717, 1.165) is 4.57 Å². The van der Waals surface area contributed by atoms with Gasteiger partial charge in [-0.2, -0.15) is 0 Å². The van der Waals surface area contributed by atoms with E-state index in [4.69, 9.17) is 9.84 Å². The van der Waals surface area contributed by atoms with Crippen molar-refractivity contribution in [1.82, 2.24) is 9.55 Å². The molecule has 2 heterocycles. The van der Waals surface area contributed by atoms with Crippen molar-refractivity contribution in [1.29, 1.82) is 0 Å². The summed E-state index contributed by atoms with van der Waals surface area (Å²) in [5.41, 5.74) is -0.801. The topological polar surface area (TPSA) is 122 Å². The van der Waals surface area contributed by atoms with Gasteiger partial charge in [0.25, 0.3) is 5.56 Å². The molecule has 1 saturated heterocycles. The number of hydrogen-bond donors (Lipinski definition) is 3. The normalized spacial score (nSPS) is 26.5. The van der Waals surface area contributed by atoms with Crippen LogP contribution in [0.1, 0.15) is 24.6 Å². The number of ether oxygens (including phenoxy) is 1. The highest BCUT2D eigenvalue weighted by molar-refractivity contribution is 5.67. The predicted molar refractivity (Wildman–Crippen MR) is 62.8 cm³/mol. The van der Waals surface area contributed by atoms with Crippen LogP contribution in [0.3, 0.4) is 0 Å². The first-order chi connectivity index (χ1) is 8.88. The summed E-state index contributed by atoms with van der Waals surface area (Å²) in [7, 11) is 0. The molecule has 19 heavy (non-hydrogen) atoms. The molecule has 2 rings (SSSR count). The number of aryl methyl sites for hydroxylation is 1. The molecular formula is C11H14N2O6. The molecular weight excluding hydrogens is 256 g/mol. The van der Waals surface area contributed by atoms with Gasteiger partial charge in [-0.1, -0.05) is 0 Å². The van der Waals surface area contributed by atoms with Crippen LogP contribution in [-0.2, 0) is 9.53 Å². The second-order valence-corrected chi connectivity index (χ2v) is 4.51. The van der Waals surface area contributed by atoms with Crippen LogP contribution >= 0.6 is 0 Å². The molecule has 0 amide bonds. The number of carboxylic acid groups (broad SMARTS) is 1. The van der Waals surface area contributed by atoms with Gasteiger partial charge in [-0.05, 0) is 6.92 Å². The summed E-state index contributed by atoms with van der Waals surface area (Å²) in [6.45, 7) is 1.54. The van der Waals surface area contributed by atoms with Crippen LogP contribution in [0.5, 0.6) is 0 Å². The zero-order valence-electron chi connectivity index (χ0n) is 10.2. The predicted octanol–water partition coefficient (Wildman–Crippen LogP) is -1.03. The van der Waals surface area contributed by atoms with Crippen LogP contribution in [0.2, 0.25) is 0 Å². The van der Waals surface area contributed by atoms with Gasteiger partial charge in [-0.3, -0.25) is 19.1 Å². The van der Waals surface area contributed by atoms with Gasteiger partial charge in [0.2, 0.25) is 0 Å². The third kappa shape index (κ3) is 2.74. The van der Waals surface area contributed by atoms with Gasteiger partial charge in [0.05, 0.1) is 18.6 Å². The Hall–Kier alpha value is -1.93. The van der Waals surface area contributed by atoms with Crippen molar-refractivity contribution in [3.8, 4) is 0 Å². The smallest absolute Gasteiger partial charge is 0.330 e. The van der Waals surface area contributed by atoms with Crippen LogP contribution in [-0.4, -0.2) is 37.9 Å². The summed E-state index contributed by atoms with van der Waals surface area (Å²) in [5.74, 6) is -1.09. The standard InChI is InChI=1S/C11H14N2O6/c1-5-4-13(11(18)12-10(5)17)8-2-6(14)7(19-8)3-9(15)16/h4,6-8,14H,2-3H2,1H3,(H,15,16)(H,12,17,18)/t6-,7+,8+/m0/s1. The molecule has 3 N–H and O–H groups in total. The molecule has 1 aliphatic heterocycles. The molecule has 0 aliphatic carbocycles. The Bertz CT molecular complexity index is 604. The molecule has 8 nitrogen and oxygen atoms in total. The summed E-state index contributed by atoms with van der Waals surface area (Å²) >= 11 is 0. The highest BCUT2D eigenvalue weighted by atomic mass is 16.5. The Morgan fingerprint density at radius 2 is 2.26 bits per heavy atom. The zero-order chi connectivity index (χ0) is 14.2. The van der Waals surface area contributed by atoms with E-state index in [1.807, 2.05) is 0 Å². The summed E-state index contributed by atoms with van der Waals surface area (Å²) in [4.78, 5) is 35.6. The lowest BCUT2D eigenvalue weighted by atomic mass is 10.1. The van der Waals surface area contributed by atoms with Crippen LogP contribution in [0.4, 0.5) is 0 Å². The molecule has 3 atom stereocenters. The van der Waals surface area contributed by atoms with Crippen molar-refractivity contribution in [2.45, 2.75) is 38.2 Å². The summed E-state index contributed by atoms with van der Waals surface area (Å²) in [5, 5.41) is 18.4. The summed E-state index contributed by atoms with van der Waals surface area (Å²) < 4.78 is 6.51. The number of aliphatic carboxylic acids is 1. The Balaban J connectivity index is 2.25. The minimum Gasteiger partial charge on any atom is -0.481 e. The van der Waals surface area contributed by atoms with Crippen LogP contribution in [0.15, 0.2) is 15.8 Å². The van der Waals surface area contributed by atoms with E-state index in [1.54, 1.807) is 0 Å². The van der Waals surface area contributed by atoms with E-state index in [-0.39, 0.29) is 12.8 Å². The zero-order valence-corrected chi connectivity index (χ0v) is 10.2. The summed E-state index contributed by atoms with van der Waals surface area (Å²) in [6.07, 6.45) is -1.50. The highest BCUT2D eigenvalue weighted by Crippen LogP contribution is 2.29. The van der Waals surface area contributed by atoms with Crippen molar-refractivity contribution >= 4 is 5.97 Å². The van der Waals surface area contributed by atoms with E-state index in [0.29, 0.717) is 5.56 Å². The molecule has 0 aromatic carbocycles. The number of aliphatic hydroxyl groups excluding tert-OH is 1. The van der Waals surface area contributed by atoms with E-state index in [9.17, 15) is 19.5 Å². The number of nitrogens with zero attached hydrogens (tertiary/aromatic N) is 1. The van der Waals surface area contributed by atoms with Gasteiger partial charge in [0.15, 0.2) is 0 Å². The first-order valence-electron chi connectivity index (χ1n) is 5.76. The first-order valence-corrected chi connectivity index (χ1v) is 5.76. The number of aromatic nitrogens is 2. The molecule has 8 heteroatoms. The van der Waals surface area contributed by atoms with Crippen molar-refractivity contribution in [3.05, 3.63) is 32.6 Å². The number of carboxylic acids is 1. The van der Waals surface area contributed by atoms with Crippen LogP contribution in [0.25, 0.3) is 0 Å². The third-order valence-corrected chi connectivity index (χ3v) is 3.04. The average molecular weight is 270 g/mol. The molecule has 1 aliphatic rings. The Morgan fingerprint density at radius 1 is 1.58 bits per heavy atom. The number of H-pyrrole nitrogens is 1. The number of aromatic amines is 1. The minimum absolute atomic E-state index is 0.101. The molecule has 0 spiro atoms. The van der Waals surface area contributed by atoms with E-state index >= 15 is 0 Å². The fourth-order valence-corrected chi connectivity index (χ4v) is 2.04. The SMILES string of the molecule is Cc1cn([C@H]2C[C@H](O)[C@@H](CC(=O)O)O2)c(=O)[nH]c1=O. The third-order valence-electron chi connectivity index (χ3n) is 3.04. The van der Waals surface area contributed by atoms with Crippen LogP contribution in [0, 0.1) is 6.92 Å². The Labute approximate surface area is 107 Å². The van der Waals surface area contributed by atoms with Crippen molar-refractivity contribution in [2.75, 3.05) is 0 Å². The molecule has 0 unspecified atom stereocenters. The van der Waals surface area contributed by atoms with E-state index in [1.165, 1.54) is 13.1 Å². The second-order valence-electron chi connectivity index (χ2n) is 4.51. The lowest BCUT2D eigenvalue weighted by molar-refractivity contribution is -0.142. The van der Waals surface area contributed by atoms with Gasteiger partial charge in [-0.25, -0.2) is 4.79 Å². The largest absolute Gasteiger partial charge is 0.481 e. The van der Waals surface area contributed by atoms with E-state index in [2.05, 4.69) is 4.98 Å². The molecule has 1 aromatic heterocycles. The lowest BCUT2D eigenvalue weighted by Gasteiger charge is -2.14. The van der Waals surface area contributed by atoms with E-state index < -0.39 is 35.7 Å². The Morgan fingerprint density at radius 3 is 2.89 bits per heavy atom. The van der Waals surface area contributed by atoms with Crippen molar-refractivity contribution in [2.24, 2.45) is 0 Å². The van der Waals surface area contributed by atoms with Gasteiger partial charge in [0.1, 0.15) is 6.23 Å². The number of aliphatic hydroxyl groups is 1. The van der Waals surface area contributed by atoms with Gasteiger partial charge in [0, 0.05) is 18.2 Å². The number of carbonyl (C=O) groups is 1. The minimum atomic E-state index is -1.09. The molecule has 0 bridgehead atoms. The number of nitrogens with one attached hydrogen (secondary N) is 1. The molecule has 104 valence electrons. The van der Waals surface area contributed by atoms with Crippen molar-refractivity contribution < 1.29 is 19.7 Å². The molecule has 1 fully saturated rings. The van der Waals surface area contributed by atoms with Gasteiger partial charge < -0.3 is 14.9 Å². The van der Waals surface area contributed by atoms with Gasteiger partial charge >= 0.3 is 11.7 Å². The number of rotatable bonds is 3. The molecule has 1 aromatic rings. The van der Waals surface area contributed by atoms with Crippen molar-refractivity contribution in [3.63, 3.8) is 0 Å². The summed E-state index contributed by atoms with van der Waals surface area (Å²) in [6, 6.07) is 0. The maximum absolute atomic E-state index is 11.6. The fourth-order valence-electron chi connectivity index (χ4n) is 2.04. The maximum Gasteiger partial charge on any atom is 0.330 e. The highest BCUT2D eigenvalue weighted by Gasteiger charge is 2.36. The van der Waals surface area contributed by atoms with Crippen LogP contribution < -0.4 is 11.2 Å². The van der Waals surface area contributed by atoms with Gasteiger partial charge in [-0.15, -0.1) is 0 Å². The fraction of sp³-hybridized carbons (Fsp3) is 0.545. The monoisotopic (exact) mass is 270 g/mol. The Kier molecular flexibility index (Phi) is 3.54. The molecule has 0 saturated carbocycles. The second kappa shape index (κ2) is 4.98. The lowest BCUT2D eigenvalue weighted by Crippen LogP contribution is -2.33. The first kappa shape index (κ1) is 13.5. The quantitative estimate of drug-likeness (QED) is 0.645. The molecule has 0 radical (unpaired) electrons. The average Bonchev–Trinajstić information content (AvgIpc) is 2.64.